The van der Waals surface area contributed by atoms with Crippen molar-refractivity contribution in [3.05, 3.63) is 22.4 Å². The SMILES string of the molecule is CC1(C)CC(C)(C)CC(NCc2cccs2)(C(=O)O)C1. The van der Waals surface area contributed by atoms with Crippen molar-refractivity contribution in [1.29, 1.82) is 0 Å². The highest BCUT2D eigenvalue weighted by atomic mass is 32.1. The second-order valence-corrected chi connectivity index (χ2v) is 8.71. The number of hydrogen-bond acceptors (Lipinski definition) is 3. The van der Waals surface area contributed by atoms with Crippen LogP contribution in [0, 0.1) is 10.8 Å². The van der Waals surface area contributed by atoms with E-state index in [0.717, 1.165) is 6.42 Å². The minimum Gasteiger partial charge on any atom is -0.480 e. The third kappa shape index (κ3) is 3.41. The molecule has 0 spiro atoms. The second-order valence-electron chi connectivity index (χ2n) is 7.68. The third-order valence-corrected chi connectivity index (χ3v) is 4.98. The average molecular weight is 295 g/mol. The Morgan fingerprint density at radius 2 is 1.85 bits per heavy atom. The highest BCUT2D eigenvalue weighted by Gasteiger charge is 2.51. The zero-order chi connectivity index (χ0) is 15.0. The van der Waals surface area contributed by atoms with Gasteiger partial charge in [-0.3, -0.25) is 10.1 Å². The molecule has 112 valence electrons. The van der Waals surface area contributed by atoms with Gasteiger partial charge in [0.25, 0.3) is 0 Å². The van der Waals surface area contributed by atoms with Crippen LogP contribution in [0.15, 0.2) is 17.5 Å². The zero-order valence-electron chi connectivity index (χ0n) is 12.8. The van der Waals surface area contributed by atoms with Crippen molar-refractivity contribution in [1.82, 2.24) is 5.32 Å². The number of aliphatic carboxylic acids is 1. The van der Waals surface area contributed by atoms with Gasteiger partial charge in [0.05, 0.1) is 0 Å². The van der Waals surface area contributed by atoms with E-state index in [1.165, 1.54) is 4.88 Å². The Morgan fingerprint density at radius 1 is 1.25 bits per heavy atom. The molecule has 0 saturated heterocycles. The summed E-state index contributed by atoms with van der Waals surface area (Å²) < 4.78 is 0. The highest BCUT2D eigenvalue weighted by molar-refractivity contribution is 7.09. The summed E-state index contributed by atoms with van der Waals surface area (Å²) in [4.78, 5) is 13.1. The fraction of sp³-hybridized carbons (Fsp3) is 0.688. The minimum atomic E-state index is -0.810. The molecule has 0 aliphatic heterocycles. The van der Waals surface area contributed by atoms with Crippen molar-refractivity contribution in [3.8, 4) is 0 Å². The summed E-state index contributed by atoms with van der Waals surface area (Å²) in [6.07, 6.45) is 2.43. The van der Waals surface area contributed by atoms with Gasteiger partial charge in [-0.05, 0) is 41.5 Å². The molecule has 0 aromatic carbocycles. The molecule has 3 nitrogen and oxygen atoms in total. The van der Waals surface area contributed by atoms with Gasteiger partial charge in [-0.25, -0.2) is 0 Å². The summed E-state index contributed by atoms with van der Waals surface area (Å²) in [5, 5.41) is 15.2. The van der Waals surface area contributed by atoms with Gasteiger partial charge >= 0.3 is 5.97 Å². The van der Waals surface area contributed by atoms with E-state index in [1.807, 2.05) is 17.5 Å². The number of carboxylic acid groups (broad SMARTS) is 1. The molecule has 1 fully saturated rings. The summed E-state index contributed by atoms with van der Waals surface area (Å²) in [5.74, 6) is -0.713. The molecule has 1 aliphatic rings. The predicted molar refractivity (Wildman–Crippen MR) is 82.9 cm³/mol. The Balaban J connectivity index is 2.22. The molecule has 4 heteroatoms. The molecule has 0 radical (unpaired) electrons. The van der Waals surface area contributed by atoms with E-state index >= 15 is 0 Å². The van der Waals surface area contributed by atoms with E-state index in [1.54, 1.807) is 11.3 Å². The van der Waals surface area contributed by atoms with Gasteiger partial charge in [0.2, 0.25) is 0 Å². The number of nitrogens with one attached hydrogen (secondary N) is 1. The molecule has 1 saturated carbocycles. The number of hydrogen-bond donors (Lipinski definition) is 2. The summed E-state index contributed by atoms with van der Waals surface area (Å²) in [7, 11) is 0. The highest BCUT2D eigenvalue weighted by Crippen LogP contribution is 2.50. The van der Waals surface area contributed by atoms with Crippen LogP contribution in [-0.2, 0) is 11.3 Å². The molecular weight excluding hydrogens is 270 g/mol. The first-order valence-corrected chi connectivity index (χ1v) is 8.03. The molecule has 1 aliphatic carbocycles. The maximum Gasteiger partial charge on any atom is 0.323 e. The van der Waals surface area contributed by atoms with E-state index in [4.69, 9.17) is 0 Å². The van der Waals surface area contributed by atoms with Crippen molar-refractivity contribution in [3.63, 3.8) is 0 Å². The average Bonchev–Trinajstić information content (AvgIpc) is 2.74. The normalized spacial score (nSPS) is 23.4. The Morgan fingerprint density at radius 3 is 2.30 bits per heavy atom. The van der Waals surface area contributed by atoms with Gasteiger partial charge in [0.15, 0.2) is 0 Å². The Hall–Kier alpha value is -0.870. The van der Waals surface area contributed by atoms with Crippen molar-refractivity contribution < 1.29 is 9.90 Å². The monoisotopic (exact) mass is 295 g/mol. The molecule has 1 aromatic rings. The first-order chi connectivity index (χ1) is 9.14. The fourth-order valence-corrected chi connectivity index (χ4v) is 4.78. The molecule has 0 atom stereocenters. The van der Waals surface area contributed by atoms with Crippen LogP contribution in [0.2, 0.25) is 0 Å². The minimum absolute atomic E-state index is 0.0442. The van der Waals surface area contributed by atoms with Crippen LogP contribution >= 0.6 is 11.3 Å². The lowest BCUT2D eigenvalue weighted by atomic mass is 9.58. The lowest BCUT2D eigenvalue weighted by Gasteiger charge is -2.50. The summed E-state index contributed by atoms with van der Waals surface area (Å²) >= 11 is 1.67. The van der Waals surface area contributed by atoms with E-state index in [0.29, 0.717) is 19.4 Å². The van der Waals surface area contributed by atoms with Gasteiger partial charge in [0, 0.05) is 11.4 Å². The Bertz CT molecular complexity index is 461. The predicted octanol–water partition coefficient (Wildman–Crippen LogP) is 3.90. The van der Waals surface area contributed by atoms with Gasteiger partial charge in [-0.1, -0.05) is 33.8 Å². The lowest BCUT2D eigenvalue weighted by molar-refractivity contribution is -0.151. The zero-order valence-corrected chi connectivity index (χ0v) is 13.6. The molecule has 20 heavy (non-hydrogen) atoms. The number of rotatable bonds is 4. The van der Waals surface area contributed by atoms with Gasteiger partial charge in [-0.2, -0.15) is 0 Å². The standard InChI is InChI=1S/C16H25NO2S/c1-14(2)9-15(3,4)11-16(10-14,13(18)19)17-8-12-6-5-7-20-12/h5-7,17H,8-11H2,1-4H3,(H,18,19). The van der Waals surface area contributed by atoms with E-state index in [2.05, 4.69) is 33.0 Å². The fourth-order valence-electron chi connectivity index (χ4n) is 4.14. The van der Waals surface area contributed by atoms with Crippen LogP contribution in [0.4, 0.5) is 0 Å². The molecule has 1 aromatic heterocycles. The molecule has 0 unspecified atom stereocenters. The number of carboxylic acids is 1. The first kappa shape index (κ1) is 15.5. The topological polar surface area (TPSA) is 49.3 Å². The molecule has 2 rings (SSSR count). The van der Waals surface area contributed by atoms with Crippen molar-refractivity contribution in [2.75, 3.05) is 0 Å². The van der Waals surface area contributed by atoms with E-state index in [9.17, 15) is 9.90 Å². The Kier molecular flexibility index (Phi) is 4.00. The van der Waals surface area contributed by atoms with Gasteiger partial charge < -0.3 is 5.11 Å². The van der Waals surface area contributed by atoms with Crippen LogP contribution in [0.25, 0.3) is 0 Å². The Labute approximate surface area is 125 Å². The van der Waals surface area contributed by atoms with Crippen molar-refractivity contribution in [2.24, 2.45) is 10.8 Å². The smallest absolute Gasteiger partial charge is 0.323 e. The third-order valence-electron chi connectivity index (χ3n) is 4.11. The van der Waals surface area contributed by atoms with Gasteiger partial charge in [0.1, 0.15) is 5.54 Å². The van der Waals surface area contributed by atoms with Crippen LogP contribution in [-0.4, -0.2) is 16.6 Å². The molecule has 0 amide bonds. The van der Waals surface area contributed by atoms with Gasteiger partial charge in [-0.15, -0.1) is 11.3 Å². The van der Waals surface area contributed by atoms with E-state index < -0.39 is 11.5 Å². The molecule has 1 heterocycles. The summed E-state index contributed by atoms with van der Waals surface area (Å²) in [6.45, 7) is 9.35. The molecular formula is C16H25NO2S. The summed E-state index contributed by atoms with van der Waals surface area (Å²) in [5.41, 5.74) is -0.722. The lowest BCUT2D eigenvalue weighted by Crippen LogP contribution is -2.59. The van der Waals surface area contributed by atoms with Crippen molar-refractivity contribution in [2.45, 2.75) is 59.0 Å². The van der Waals surface area contributed by atoms with Crippen LogP contribution in [0.1, 0.15) is 51.8 Å². The van der Waals surface area contributed by atoms with E-state index in [-0.39, 0.29) is 10.8 Å². The van der Waals surface area contributed by atoms with Crippen molar-refractivity contribution >= 4 is 17.3 Å². The van der Waals surface area contributed by atoms with Crippen LogP contribution in [0.5, 0.6) is 0 Å². The number of carbonyl (C=O) groups is 1. The summed E-state index contributed by atoms with van der Waals surface area (Å²) in [6, 6.07) is 4.05. The van der Waals surface area contributed by atoms with Crippen LogP contribution in [0.3, 0.4) is 0 Å². The first-order valence-electron chi connectivity index (χ1n) is 7.15. The second kappa shape index (κ2) is 5.15. The molecule has 0 bridgehead atoms. The maximum atomic E-state index is 12.0. The quantitative estimate of drug-likeness (QED) is 0.885. The largest absolute Gasteiger partial charge is 0.480 e. The molecule has 2 N–H and O–H groups in total. The van der Waals surface area contributed by atoms with Crippen LogP contribution < -0.4 is 5.32 Å². The maximum absolute atomic E-state index is 12.0. The number of thiophene rings is 1.